The van der Waals surface area contributed by atoms with Gasteiger partial charge in [0.05, 0.1) is 12.8 Å². The van der Waals surface area contributed by atoms with Crippen LogP contribution in [0.4, 0.5) is 4.39 Å². The summed E-state index contributed by atoms with van der Waals surface area (Å²) >= 11 is 0. The predicted octanol–water partition coefficient (Wildman–Crippen LogP) is 2.25. The molecular weight excluding hydrogens is 171 g/mol. The van der Waals surface area contributed by atoms with Crippen LogP contribution >= 0.6 is 0 Å². The minimum atomic E-state index is -0.917. The third kappa shape index (κ3) is 2.71. The van der Waals surface area contributed by atoms with Gasteiger partial charge in [-0.1, -0.05) is 24.3 Å². The van der Waals surface area contributed by atoms with E-state index in [1.807, 2.05) is 0 Å². The van der Waals surface area contributed by atoms with E-state index in [4.69, 9.17) is 5.11 Å². The Morgan fingerprint density at radius 3 is 2.77 bits per heavy atom. The number of hydrogen-bond acceptors (Lipinski definition) is 1. The van der Waals surface area contributed by atoms with E-state index in [1.54, 1.807) is 24.3 Å². The maximum atomic E-state index is 11.9. The topological polar surface area (TPSA) is 37.3 Å². The molecule has 1 rings (SSSR count). The molecule has 0 saturated carbocycles. The quantitative estimate of drug-likeness (QED) is 0.774. The summed E-state index contributed by atoms with van der Waals surface area (Å²) in [6.07, 6.45) is 1.57. The number of carboxylic acids is 1. The van der Waals surface area contributed by atoms with Crippen LogP contribution in [0.15, 0.2) is 30.6 Å². The number of rotatable bonds is 3. The fourth-order valence-corrected chi connectivity index (χ4v) is 1.09. The highest BCUT2D eigenvalue weighted by Gasteiger charge is 2.03. The van der Waals surface area contributed by atoms with Gasteiger partial charge in [-0.25, -0.2) is 4.39 Å². The molecule has 0 bridgehead atoms. The molecule has 0 aromatic heterocycles. The van der Waals surface area contributed by atoms with Gasteiger partial charge in [0.1, 0.15) is 0 Å². The Balaban J connectivity index is 2.97. The van der Waals surface area contributed by atoms with Gasteiger partial charge in [0.15, 0.2) is 0 Å². The van der Waals surface area contributed by atoms with Gasteiger partial charge in [-0.3, -0.25) is 4.79 Å². The highest BCUT2D eigenvalue weighted by molar-refractivity contribution is 5.72. The van der Waals surface area contributed by atoms with Crippen LogP contribution in [0.3, 0.4) is 0 Å². The molecule has 3 heteroatoms. The highest BCUT2D eigenvalue weighted by atomic mass is 19.1. The molecule has 0 fully saturated rings. The Kier molecular flexibility index (Phi) is 3.20. The Bertz CT molecular complexity index is 331. The smallest absolute Gasteiger partial charge is 0.307 e. The second-order valence-corrected chi connectivity index (χ2v) is 2.56. The van der Waals surface area contributed by atoms with Crippen LogP contribution in [0, 0.1) is 0 Å². The van der Waals surface area contributed by atoms with E-state index < -0.39 is 5.97 Å². The molecule has 0 aliphatic carbocycles. The van der Waals surface area contributed by atoms with Gasteiger partial charge in [0, 0.05) is 0 Å². The predicted molar refractivity (Wildman–Crippen MR) is 47.9 cm³/mol. The average Bonchev–Trinajstić information content (AvgIpc) is 2.08. The lowest BCUT2D eigenvalue weighted by Crippen LogP contribution is -2.01. The van der Waals surface area contributed by atoms with Crippen LogP contribution in [0.25, 0.3) is 6.08 Å². The second-order valence-electron chi connectivity index (χ2n) is 2.56. The lowest BCUT2D eigenvalue weighted by Gasteiger charge is -2.01. The van der Waals surface area contributed by atoms with Gasteiger partial charge in [-0.15, -0.1) is 0 Å². The van der Waals surface area contributed by atoms with E-state index >= 15 is 0 Å². The minimum Gasteiger partial charge on any atom is -0.481 e. The van der Waals surface area contributed by atoms with Gasteiger partial charge in [-0.2, -0.15) is 0 Å². The molecule has 0 aliphatic rings. The minimum absolute atomic E-state index is 0.0828. The van der Waals surface area contributed by atoms with Crippen molar-refractivity contribution < 1.29 is 14.3 Å². The number of carboxylic acid groups (broad SMARTS) is 1. The van der Waals surface area contributed by atoms with Gasteiger partial charge in [0.2, 0.25) is 0 Å². The summed E-state index contributed by atoms with van der Waals surface area (Å²) in [6.45, 7) is 0. The van der Waals surface area contributed by atoms with E-state index in [1.165, 1.54) is 6.08 Å². The normalized spacial score (nSPS) is 10.5. The average molecular weight is 180 g/mol. The molecule has 0 radical (unpaired) electrons. The lowest BCUT2D eigenvalue weighted by atomic mass is 10.1. The molecule has 1 aromatic carbocycles. The Hall–Kier alpha value is -1.64. The van der Waals surface area contributed by atoms with Crippen molar-refractivity contribution in [1.29, 1.82) is 0 Å². The summed E-state index contributed by atoms with van der Waals surface area (Å²) < 4.78 is 11.9. The molecule has 1 N–H and O–H groups in total. The summed E-state index contributed by atoms with van der Waals surface area (Å²) in [5.74, 6) is -0.917. The fourth-order valence-electron chi connectivity index (χ4n) is 1.09. The van der Waals surface area contributed by atoms with Crippen LogP contribution in [0.1, 0.15) is 11.1 Å². The first-order valence-electron chi connectivity index (χ1n) is 3.80. The third-order valence-electron chi connectivity index (χ3n) is 1.64. The first-order chi connectivity index (χ1) is 6.24. The standard InChI is InChI=1S/C10H9FO2/c11-6-5-8-3-1-2-4-9(8)7-10(12)13/h1-6H,7H2,(H,12,13). The number of halogens is 1. The van der Waals surface area contributed by atoms with Gasteiger partial charge in [-0.05, 0) is 17.2 Å². The fraction of sp³-hybridized carbons (Fsp3) is 0.100. The Morgan fingerprint density at radius 2 is 2.15 bits per heavy atom. The van der Waals surface area contributed by atoms with Crippen LogP contribution < -0.4 is 0 Å². The van der Waals surface area contributed by atoms with Crippen molar-refractivity contribution >= 4 is 12.0 Å². The molecule has 68 valence electrons. The number of aliphatic carboxylic acids is 1. The maximum Gasteiger partial charge on any atom is 0.307 e. The molecular formula is C10H9FO2. The van der Waals surface area contributed by atoms with Crippen molar-refractivity contribution in [2.24, 2.45) is 0 Å². The summed E-state index contributed by atoms with van der Waals surface area (Å²) in [5, 5.41) is 8.54. The molecule has 2 nitrogen and oxygen atoms in total. The molecule has 0 spiro atoms. The molecule has 1 aromatic rings. The molecule has 0 saturated heterocycles. The summed E-state index contributed by atoms with van der Waals surface area (Å²) in [6, 6.07) is 6.81. The van der Waals surface area contributed by atoms with E-state index in [0.717, 1.165) is 0 Å². The summed E-state index contributed by atoms with van der Waals surface area (Å²) in [5.41, 5.74) is 1.22. The van der Waals surface area contributed by atoms with Crippen LogP contribution in [0.5, 0.6) is 0 Å². The zero-order chi connectivity index (χ0) is 9.68. The van der Waals surface area contributed by atoms with Crippen LogP contribution in [-0.2, 0) is 11.2 Å². The highest BCUT2D eigenvalue weighted by Crippen LogP contribution is 2.11. The summed E-state index contributed by atoms with van der Waals surface area (Å²) in [4.78, 5) is 10.4. The van der Waals surface area contributed by atoms with E-state index in [-0.39, 0.29) is 6.42 Å². The Labute approximate surface area is 75.3 Å². The first kappa shape index (κ1) is 9.45. The molecule has 0 amide bonds. The van der Waals surface area contributed by atoms with Crippen LogP contribution in [0.2, 0.25) is 0 Å². The monoisotopic (exact) mass is 180 g/mol. The first-order valence-corrected chi connectivity index (χ1v) is 3.80. The zero-order valence-electron chi connectivity index (χ0n) is 6.90. The second kappa shape index (κ2) is 4.40. The van der Waals surface area contributed by atoms with Crippen molar-refractivity contribution in [3.8, 4) is 0 Å². The molecule has 13 heavy (non-hydrogen) atoms. The Morgan fingerprint density at radius 1 is 1.46 bits per heavy atom. The zero-order valence-corrected chi connectivity index (χ0v) is 6.90. The molecule has 0 heterocycles. The molecule has 0 unspecified atom stereocenters. The van der Waals surface area contributed by atoms with Crippen molar-refractivity contribution in [2.45, 2.75) is 6.42 Å². The number of benzene rings is 1. The summed E-state index contributed by atoms with van der Waals surface area (Å²) in [7, 11) is 0. The van der Waals surface area contributed by atoms with Crippen molar-refractivity contribution in [2.75, 3.05) is 0 Å². The van der Waals surface area contributed by atoms with Gasteiger partial charge >= 0.3 is 5.97 Å². The third-order valence-corrected chi connectivity index (χ3v) is 1.64. The molecule has 0 aliphatic heterocycles. The van der Waals surface area contributed by atoms with Gasteiger partial charge in [0.25, 0.3) is 0 Å². The van der Waals surface area contributed by atoms with E-state index in [2.05, 4.69) is 0 Å². The lowest BCUT2D eigenvalue weighted by molar-refractivity contribution is -0.136. The number of hydrogen-bond donors (Lipinski definition) is 1. The van der Waals surface area contributed by atoms with E-state index in [9.17, 15) is 9.18 Å². The largest absolute Gasteiger partial charge is 0.481 e. The van der Waals surface area contributed by atoms with Gasteiger partial charge < -0.3 is 5.11 Å². The van der Waals surface area contributed by atoms with Crippen molar-refractivity contribution in [1.82, 2.24) is 0 Å². The van der Waals surface area contributed by atoms with Crippen molar-refractivity contribution in [3.05, 3.63) is 41.7 Å². The van der Waals surface area contributed by atoms with E-state index in [0.29, 0.717) is 17.5 Å². The van der Waals surface area contributed by atoms with Crippen LogP contribution in [-0.4, -0.2) is 11.1 Å². The maximum absolute atomic E-state index is 11.9. The van der Waals surface area contributed by atoms with Crippen molar-refractivity contribution in [3.63, 3.8) is 0 Å². The number of carbonyl (C=O) groups is 1. The SMILES string of the molecule is O=C(O)Cc1ccccc1C=CF. The molecule has 0 atom stereocenters.